The van der Waals surface area contributed by atoms with Crippen molar-refractivity contribution in [2.24, 2.45) is 13.0 Å². The average molecular weight is 382 g/mol. The van der Waals surface area contributed by atoms with Gasteiger partial charge in [0.1, 0.15) is 10.7 Å². The van der Waals surface area contributed by atoms with Crippen LogP contribution in [0.2, 0.25) is 0 Å². The first-order chi connectivity index (χ1) is 13.1. The van der Waals surface area contributed by atoms with E-state index in [1.54, 1.807) is 11.7 Å². The van der Waals surface area contributed by atoms with Gasteiger partial charge in [0.05, 0.1) is 29.3 Å². The van der Waals surface area contributed by atoms with Crippen LogP contribution in [-0.4, -0.2) is 43.4 Å². The van der Waals surface area contributed by atoms with Crippen LogP contribution in [0.15, 0.2) is 36.2 Å². The number of carbonyl (C=O) groups excluding carboxylic acids is 1. The Hall–Kier alpha value is -2.54. The number of aromatic nitrogens is 4. The summed E-state index contributed by atoms with van der Waals surface area (Å²) in [6.45, 7) is 3.63. The summed E-state index contributed by atoms with van der Waals surface area (Å²) in [4.78, 5) is 28.0. The van der Waals surface area contributed by atoms with E-state index in [9.17, 15) is 4.79 Å². The van der Waals surface area contributed by atoms with E-state index in [2.05, 4.69) is 31.7 Å². The minimum Gasteiger partial charge on any atom is -0.338 e. The molecule has 0 unspecified atom stereocenters. The second-order valence-corrected chi connectivity index (χ2v) is 7.99. The first kappa shape index (κ1) is 17.9. The third kappa shape index (κ3) is 3.78. The molecule has 0 aliphatic carbocycles. The molecule has 0 radical (unpaired) electrons. The Morgan fingerprint density at radius 1 is 1.26 bits per heavy atom. The van der Waals surface area contributed by atoms with Gasteiger partial charge in [0.2, 0.25) is 0 Å². The number of pyridine rings is 1. The molecule has 4 rings (SSSR count). The zero-order valence-electron chi connectivity index (χ0n) is 15.6. The molecule has 0 N–H and O–H groups in total. The van der Waals surface area contributed by atoms with Crippen LogP contribution in [0.5, 0.6) is 0 Å². The van der Waals surface area contributed by atoms with Crippen LogP contribution in [0, 0.1) is 12.8 Å². The summed E-state index contributed by atoms with van der Waals surface area (Å²) in [5.41, 5.74) is 5.02. The number of hydrogen-bond donors (Lipinski definition) is 0. The first-order valence-electron chi connectivity index (χ1n) is 9.23. The molecule has 6 nitrogen and oxygen atoms in total. The predicted octanol–water partition coefficient (Wildman–Crippen LogP) is 3.34. The van der Waals surface area contributed by atoms with Crippen LogP contribution in [-0.2, 0) is 13.5 Å². The summed E-state index contributed by atoms with van der Waals surface area (Å²) < 4.78 is 2.07. The Morgan fingerprint density at radius 2 is 2.07 bits per heavy atom. The molecule has 0 atom stereocenters. The summed E-state index contributed by atoms with van der Waals surface area (Å²) in [5.74, 6) is 1.70. The van der Waals surface area contributed by atoms with Crippen molar-refractivity contribution < 1.29 is 4.79 Å². The molecule has 3 aromatic heterocycles. The predicted molar refractivity (Wildman–Crippen MR) is 106 cm³/mol. The SMILES string of the molecule is Cc1ncc(-c2cc(CC3CCN(C(=O)c4cncs4)CC3)ccn2)n1C. The lowest BCUT2D eigenvalue weighted by Crippen LogP contribution is -2.38. The van der Waals surface area contributed by atoms with Crippen molar-refractivity contribution in [1.29, 1.82) is 0 Å². The molecular formula is C20H23N5OS. The summed E-state index contributed by atoms with van der Waals surface area (Å²) in [5, 5.41) is 0. The Bertz CT molecular complexity index is 926. The molecule has 1 amide bonds. The molecule has 0 spiro atoms. The minimum absolute atomic E-state index is 0.119. The number of carbonyl (C=O) groups is 1. The van der Waals surface area contributed by atoms with Crippen molar-refractivity contribution in [3.63, 3.8) is 0 Å². The fourth-order valence-corrected chi connectivity index (χ4v) is 4.22. The lowest BCUT2D eigenvalue weighted by molar-refractivity contribution is 0.0695. The molecule has 0 aromatic carbocycles. The van der Waals surface area contributed by atoms with Gasteiger partial charge >= 0.3 is 0 Å². The van der Waals surface area contributed by atoms with Crippen LogP contribution >= 0.6 is 11.3 Å². The third-order valence-corrected chi connectivity index (χ3v) is 6.14. The Morgan fingerprint density at radius 3 is 2.74 bits per heavy atom. The second-order valence-electron chi connectivity index (χ2n) is 7.10. The zero-order chi connectivity index (χ0) is 18.8. The molecule has 7 heteroatoms. The van der Waals surface area contributed by atoms with E-state index in [1.807, 2.05) is 31.3 Å². The van der Waals surface area contributed by atoms with Gasteiger partial charge in [-0.3, -0.25) is 14.8 Å². The van der Waals surface area contributed by atoms with Gasteiger partial charge in [0.15, 0.2) is 0 Å². The molecule has 0 bridgehead atoms. The summed E-state index contributed by atoms with van der Waals surface area (Å²) in [6.07, 6.45) is 8.52. The number of amides is 1. The Labute approximate surface area is 162 Å². The topological polar surface area (TPSA) is 63.9 Å². The van der Waals surface area contributed by atoms with Gasteiger partial charge in [-0.05, 0) is 49.8 Å². The van der Waals surface area contributed by atoms with Crippen molar-refractivity contribution in [1.82, 2.24) is 24.4 Å². The number of aryl methyl sites for hydroxylation is 1. The highest BCUT2D eigenvalue weighted by Gasteiger charge is 2.24. The molecule has 4 heterocycles. The van der Waals surface area contributed by atoms with Crippen molar-refractivity contribution in [3.05, 3.63) is 52.5 Å². The monoisotopic (exact) mass is 381 g/mol. The highest BCUT2D eigenvalue weighted by atomic mass is 32.1. The number of nitrogens with zero attached hydrogens (tertiary/aromatic N) is 5. The zero-order valence-corrected chi connectivity index (χ0v) is 16.4. The third-order valence-electron chi connectivity index (χ3n) is 5.38. The summed E-state index contributed by atoms with van der Waals surface area (Å²) in [6, 6.07) is 4.27. The number of likely N-dealkylation sites (tertiary alicyclic amines) is 1. The lowest BCUT2D eigenvalue weighted by Gasteiger charge is -2.31. The van der Waals surface area contributed by atoms with Gasteiger partial charge in [-0.25, -0.2) is 4.98 Å². The highest BCUT2D eigenvalue weighted by molar-refractivity contribution is 7.11. The number of piperidine rings is 1. The molecule has 1 aliphatic rings. The number of imidazole rings is 1. The largest absolute Gasteiger partial charge is 0.338 e. The van der Waals surface area contributed by atoms with Crippen LogP contribution < -0.4 is 0 Å². The van der Waals surface area contributed by atoms with Crippen molar-refractivity contribution in [2.45, 2.75) is 26.2 Å². The summed E-state index contributed by atoms with van der Waals surface area (Å²) in [7, 11) is 2.02. The number of hydrogen-bond acceptors (Lipinski definition) is 5. The van der Waals surface area contributed by atoms with Gasteiger partial charge in [-0.15, -0.1) is 11.3 Å². The van der Waals surface area contributed by atoms with E-state index in [0.29, 0.717) is 5.92 Å². The molecular weight excluding hydrogens is 358 g/mol. The maximum atomic E-state index is 12.4. The maximum absolute atomic E-state index is 12.4. The standard InChI is InChI=1S/C20H23N5OS/c1-14-23-11-18(24(14)2)17-10-16(3-6-22-17)9-15-4-7-25(8-5-15)20(26)19-12-21-13-27-19/h3,6,10-13,15H,4-5,7-9H2,1-2H3. The molecule has 1 saturated heterocycles. The molecule has 1 fully saturated rings. The van der Waals surface area contributed by atoms with Gasteiger partial charge in [-0.1, -0.05) is 0 Å². The van der Waals surface area contributed by atoms with Gasteiger partial charge < -0.3 is 9.47 Å². The quantitative estimate of drug-likeness (QED) is 0.695. The minimum atomic E-state index is 0.119. The van der Waals surface area contributed by atoms with Crippen molar-refractivity contribution in [3.8, 4) is 11.4 Å². The molecule has 27 heavy (non-hydrogen) atoms. The van der Waals surface area contributed by atoms with Gasteiger partial charge in [-0.2, -0.15) is 0 Å². The average Bonchev–Trinajstić information content (AvgIpc) is 3.33. The van der Waals surface area contributed by atoms with Crippen LogP contribution in [0.25, 0.3) is 11.4 Å². The van der Waals surface area contributed by atoms with Crippen LogP contribution in [0.4, 0.5) is 0 Å². The number of rotatable bonds is 4. The fraction of sp³-hybridized carbons (Fsp3) is 0.400. The molecule has 1 aliphatic heterocycles. The smallest absolute Gasteiger partial charge is 0.265 e. The van der Waals surface area contributed by atoms with Crippen LogP contribution in [0.3, 0.4) is 0 Å². The first-order valence-corrected chi connectivity index (χ1v) is 10.1. The van der Waals surface area contributed by atoms with Gasteiger partial charge in [0.25, 0.3) is 5.91 Å². The van der Waals surface area contributed by atoms with E-state index in [0.717, 1.165) is 54.4 Å². The molecule has 3 aromatic rings. The van der Waals surface area contributed by atoms with E-state index in [4.69, 9.17) is 0 Å². The van der Waals surface area contributed by atoms with E-state index in [-0.39, 0.29) is 5.91 Å². The highest BCUT2D eigenvalue weighted by Crippen LogP contribution is 2.25. The molecule has 140 valence electrons. The number of thiazole rings is 1. The van der Waals surface area contributed by atoms with Crippen LogP contribution in [0.1, 0.15) is 33.9 Å². The Kier molecular flexibility index (Phi) is 5.03. The van der Waals surface area contributed by atoms with Crippen molar-refractivity contribution in [2.75, 3.05) is 13.1 Å². The van der Waals surface area contributed by atoms with Gasteiger partial charge in [0, 0.05) is 26.3 Å². The van der Waals surface area contributed by atoms with Crippen molar-refractivity contribution >= 4 is 17.2 Å². The van der Waals surface area contributed by atoms with E-state index in [1.165, 1.54) is 16.9 Å². The Balaban J connectivity index is 1.39. The normalized spacial score (nSPS) is 15.3. The maximum Gasteiger partial charge on any atom is 0.265 e. The lowest BCUT2D eigenvalue weighted by atomic mass is 9.90. The molecule has 0 saturated carbocycles. The second kappa shape index (κ2) is 7.60. The van der Waals surface area contributed by atoms with E-state index < -0.39 is 0 Å². The summed E-state index contributed by atoms with van der Waals surface area (Å²) >= 11 is 1.41. The fourth-order valence-electron chi connectivity index (χ4n) is 3.63. The van der Waals surface area contributed by atoms with E-state index >= 15 is 0 Å².